The average Bonchev–Trinajstić information content (AvgIpc) is 3.24. The molecule has 1 aliphatic carbocycles. The first-order chi connectivity index (χ1) is 18.0. The number of carbonyl (C=O) groups excluding carboxylic acids is 2. The second kappa shape index (κ2) is 9.36. The summed E-state index contributed by atoms with van der Waals surface area (Å²) >= 11 is 0. The van der Waals surface area contributed by atoms with Gasteiger partial charge in [-0.3, -0.25) is 19.1 Å². The summed E-state index contributed by atoms with van der Waals surface area (Å²) in [4.78, 5) is 47.4. The van der Waals surface area contributed by atoms with Gasteiger partial charge in [0, 0.05) is 43.1 Å². The molecule has 12 heteroatoms. The Balaban J connectivity index is 1.11. The van der Waals surface area contributed by atoms with Crippen LogP contribution in [-0.4, -0.2) is 65.0 Å². The monoisotopic (exact) mass is 506 g/mol. The maximum absolute atomic E-state index is 12.8. The smallest absolute Gasteiger partial charge is 0.416 e. The molecule has 0 spiro atoms. The Morgan fingerprint density at radius 1 is 1.11 bits per heavy atom. The van der Waals surface area contributed by atoms with Crippen molar-refractivity contribution in [3.05, 3.63) is 46.8 Å². The molecular weight excluding hydrogens is 480 g/mol. The molecule has 3 aliphatic rings. The molecule has 5 heterocycles. The van der Waals surface area contributed by atoms with Gasteiger partial charge in [0.25, 0.3) is 11.5 Å². The number of ether oxygens (including phenoxy) is 3. The van der Waals surface area contributed by atoms with Crippen molar-refractivity contribution >= 4 is 34.7 Å². The lowest BCUT2D eigenvalue weighted by atomic mass is 9.88. The average molecular weight is 507 g/mol. The molecule has 2 fully saturated rings. The zero-order chi connectivity index (χ0) is 25.5. The third-order valence-electron chi connectivity index (χ3n) is 7.03. The largest absolute Gasteiger partial charge is 0.481 e. The summed E-state index contributed by atoms with van der Waals surface area (Å²) in [7, 11) is 1.54. The molecule has 2 amide bonds. The predicted octanol–water partition coefficient (Wildman–Crippen LogP) is 1.67. The van der Waals surface area contributed by atoms with Crippen LogP contribution in [0, 0.1) is 0 Å². The van der Waals surface area contributed by atoms with Gasteiger partial charge in [-0.2, -0.15) is 4.98 Å². The molecule has 3 aromatic rings. The maximum atomic E-state index is 12.8. The summed E-state index contributed by atoms with van der Waals surface area (Å²) in [5.74, 6) is 1.36. The van der Waals surface area contributed by atoms with Crippen molar-refractivity contribution in [1.82, 2.24) is 19.9 Å². The number of nitrogens with zero attached hydrogens (tertiary/aromatic N) is 4. The van der Waals surface area contributed by atoms with E-state index < -0.39 is 6.09 Å². The molecule has 2 N–H and O–H groups in total. The normalized spacial score (nSPS) is 22.6. The van der Waals surface area contributed by atoms with E-state index >= 15 is 0 Å². The van der Waals surface area contributed by atoms with Crippen molar-refractivity contribution in [2.75, 3.05) is 30.5 Å². The van der Waals surface area contributed by atoms with Crippen LogP contribution >= 0.6 is 0 Å². The standard InChI is InChI=1S/C25H26N6O6/c1-35-21-8-2-14-3-9-22(33)30(24(14)29-21)11-10-26-15-4-5-16-18(12-15)37-25(34)31(16)19-7-6-17-23(27-19)28-20(32)13-36-17/h2-3,6-9,15-16,18,26H,4-5,10-13H2,1H3,(H,27,28,32)/t15-,16-,18-/m1/s1. The zero-order valence-electron chi connectivity index (χ0n) is 20.2. The van der Waals surface area contributed by atoms with Gasteiger partial charge in [0.1, 0.15) is 17.6 Å². The SMILES string of the molecule is COc1ccc2ccc(=O)n(CCN[C@@H]3CC[C@@H]4[C@@H](C3)OC(=O)N4c3ccc4c(n3)NC(=O)CO4)c2n1. The Morgan fingerprint density at radius 3 is 2.84 bits per heavy atom. The van der Waals surface area contributed by atoms with Crippen LogP contribution in [-0.2, 0) is 16.1 Å². The molecule has 1 saturated heterocycles. The van der Waals surface area contributed by atoms with Crippen molar-refractivity contribution in [3.63, 3.8) is 0 Å². The van der Waals surface area contributed by atoms with E-state index in [0.717, 1.165) is 18.2 Å². The third kappa shape index (κ3) is 4.33. The van der Waals surface area contributed by atoms with E-state index in [1.165, 1.54) is 0 Å². The first-order valence-corrected chi connectivity index (χ1v) is 12.2. The van der Waals surface area contributed by atoms with Gasteiger partial charge in [-0.25, -0.2) is 9.78 Å². The number of amides is 2. The molecule has 12 nitrogen and oxygen atoms in total. The molecule has 6 rings (SSSR count). The Kier molecular flexibility index (Phi) is 5.87. The summed E-state index contributed by atoms with van der Waals surface area (Å²) in [6.07, 6.45) is 1.47. The first kappa shape index (κ1) is 23.2. The highest BCUT2D eigenvalue weighted by Crippen LogP contribution is 2.37. The minimum Gasteiger partial charge on any atom is -0.481 e. The van der Waals surface area contributed by atoms with Gasteiger partial charge >= 0.3 is 6.09 Å². The summed E-state index contributed by atoms with van der Waals surface area (Å²) in [6.45, 7) is 0.947. The molecule has 3 atom stereocenters. The Bertz CT molecular complexity index is 1440. The third-order valence-corrected chi connectivity index (χ3v) is 7.03. The lowest BCUT2D eigenvalue weighted by molar-refractivity contribution is -0.118. The van der Waals surface area contributed by atoms with Crippen LogP contribution < -0.4 is 30.6 Å². The van der Waals surface area contributed by atoms with E-state index in [4.69, 9.17) is 14.2 Å². The van der Waals surface area contributed by atoms with E-state index in [1.807, 2.05) is 6.07 Å². The van der Waals surface area contributed by atoms with E-state index in [-0.39, 0.29) is 36.3 Å². The molecule has 0 unspecified atom stereocenters. The molecule has 0 radical (unpaired) electrons. The van der Waals surface area contributed by atoms with Gasteiger partial charge in [0.15, 0.2) is 18.2 Å². The van der Waals surface area contributed by atoms with Gasteiger partial charge in [-0.1, -0.05) is 0 Å². The van der Waals surface area contributed by atoms with Gasteiger partial charge in [0.05, 0.1) is 13.2 Å². The molecule has 0 bridgehead atoms. The van der Waals surface area contributed by atoms with Crippen molar-refractivity contribution in [1.29, 1.82) is 0 Å². The molecular formula is C25H26N6O6. The fourth-order valence-corrected chi connectivity index (χ4v) is 5.25. The van der Waals surface area contributed by atoms with E-state index in [9.17, 15) is 14.4 Å². The summed E-state index contributed by atoms with van der Waals surface area (Å²) in [6, 6.07) is 10.3. The number of methoxy groups -OCH3 is 1. The van der Waals surface area contributed by atoms with E-state index in [2.05, 4.69) is 20.6 Å². The Hall–Kier alpha value is -4.19. The number of hydrogen-bond donors (Lipinski definition) is 2. The van der Waals surface area contributed by atoms with Crippen LogP contribution in [0.1, 0.15) is 19.3 Å². The lowest BCUT2D eigenvalue weighted by Gasteiger charge is -2.33. The minimum absolute atomic E-state index is 0.0568. The van der Waals surface area contributed by atoms with Crippen LogP contribution in [0.15, 0.2) is 41.2 Å². The number of anilines is 2. The van der Waals surface area contributed by atoms with Crippen LogP contribution in [0.2, 0.25) is 0 Å². The van der Waals surface area contributed by atoms with E-state index in [1.54, 1.807) is 46.9 Å². The highest BCUT2D eigenvalue weighted by molar-refractivity contribution is 5.95. The lowest BCUT2D eigenvalue weighted by Crippen LogP contribution is -2.46. The molecule has 2 aliphatic heterocycles. The number of carbonyl (C=O) groups is 2. The highest BCUT2D eigenvalue weighted by Gasteiger charge is 2.46. The predicted molar refractivity (Wildman–Crippen MR) is 133 cm³/mol. The van der Waals surface area contributed by atoms with Crippen molar-refractivity contribution in [3.8, 4) is 11.6 Å². The second-order valence-corrected chi connectivity index (χ2v) is 9.27. The molecule has 3 aromatic heterocycles. The fraction of sp³-hybridized carbons (Fsp3) is 0.400. The summed E-state index contributed by atoms with van der Waals surface area (Å²) in [5, 5.41) is 7.05. The van der Waals surface area contributed by atoms with Crippen LogP contribution in [0.5, 0.6) is 11.6 Å². The first-order valence-electron chi connectivity index (χ1n) is 12.2. The quantitative estimate of drug-likeness (QED) is 0.511. The Morgan fingerprint density at radius 2 is 1.97 bits per heavy atom. The molecule has 0 aromatic carbocycles. The van der Waals surface area contributed by atoms with Crippen LogP contribution in [0.25, 0.3) is 11.0 Å². The topological polar surface area (TPSA) is 137 Å². The highest BCUT2D eigenvalue weighted by atomic mass is 16.6. The summed E-state index contributed by atoms with van der Waals surface area (Å²) < 4.78 is 17.9. The molecule has 192 valence electrons. The van der Waals surface area contributed by atoms with E-state index in [0.29, 0.717) is 48.4 Å². The fourth-order valence-electron chi connectivity index (χ4n) is 5.25. The Labute approximate surface area is 211 Å². The van der Waals surface area contributed by atoms with Crippen LogP contribution in [0.4, 0.5) is 16.4 Å². The number of nitrogens with one attached hydrogen (secondary N) is 2. The number of fused-ring (bicyclic) bond motifs is 3. The number of aromatic nitrogens is 3. The molecule has 37 heavy (non-hydrogen) atoms. The number of rotatable bonds is 6. The van der Waals surface area contributed by atoms with Gasteiger partial charge in [-0.05, 0) is 37.1 Å². The molecule has 1 saturated carbocycles. The number of pyridine rings is 3. The van der Waals surface area contributed by atoms with Crippen molar-refractivity contribution in [2.45, 2.75) is 44.0 Å². The van der Waals surface area contributed by atoms with Gasteiger partial charge in [-0.15, -0.1) is 0 Å². The van der Waals surface area contributed by atoms with Crippen molar-refractivity contribution < 1.29 is 23.8 Å². The minimum atomic E-state index is -0.450. The number of hydrogen-bond acceptors (Lipinski definition) is 9. The van der Waals surface area contributed by atoms with Crippen LogP contribution in [0.3, 0.4) is 0 Å². The second-order valence-electron chi connectivity index (χ2n) is 9.27. The maximum Gasteiger partial charge on any atom is 0.416 e. The van der Waals surface area contributed by atoms with Crippen molar-refractivity contribution in [2.24, 2.45) is 0 Å². The van der Waals surface area contributed by atoms with Gasteiger partial charge < -0.3 is 24.8 Å². The zero-order valence-corrected chi connectivity index (χ0v) is 20.2. The van der Waals surface area contributed by atoms with Gasteiger partial charge in [0.2, 0.25) is 5.88 Å². The summed E-state index contributed by atoms with van der Waals surface area (Å²) in [5.41, 5.74) is 0.454.